The first kappa shape index (κ1) is 18.0. The van der Waals surface area contributed by atoms with Crippen LogP contribution in [0.15, 0.2) is 24.3 Å². The zero-order valence-corrected chi connectivity index (χ0v) is 14.2. The zero-order valence-electron chi connectivity index (χ0n) is 13.4. The molecule has 1 atom stereocenters. The van der Waals surface area contributed by atoms with Crippen molar-refractivity contribution < 1.29 is 9.53 Å². The first-order chi connectivity index (χ1) is 9.68. The Balaban J connectivity index is 2.63. The second kappa shape index (κ2) is 7.28. The summed E-state index contributed by atoms with van der Waals surface area (Å²) in [5, 5.41) is 0.725. The van der Waals surface area contributed by atoms with E-state index in [0.29, 0.717) is 13.0 Å². The molecule has 0 saturated heterocycles. The highest BCUT2D eigenvalue weighted by atomic mass is 35.5. The summed E-state index contributed by atoms with van der Waals surface area (Å²) in [6.07, 6.45) is 1.93. The van der Waals surface area contributed by atoms with Crippen molar-refractivity contribution in [1.29, 1.82) is 0 Å². The number of carbonyl (C=O) groups excluding carboxylic acids is 1. The van der Waals surface area contributed by atoms with Gasteiger partial charge in [-0.25, -0.2) is 0 Å². The minimum atomic E-state index is -0.434. The highest BCUT2D eigenvalue weighted by Crippen LogP contribution is 2.33. The summed E-state index contributed by atoms with van der Waals surface area (Å²) >= 11 is 6.27. The van der Waals surface area contributed by atoms with Gasteiger partial charge in [-0.05, 0) is 45.2 Å². The van der Waals surface area contributed by atoms with Crippen LogP contribution in [0.2, 0.25) is 5.02 Å². The standard InChI is InChI=1S/C17H26ClNO2/c1-16(2,3)21-15(20)10-7-11-17(4,12-19)13-8-5-6-9-14(13)18/h5-6,8-9H,7,10-12,19H2,1-4H3. The van der Waals surface area contributed by atoms with Gasteiger partial charge in [-0.3, -0.25) is 4.79 Å². The van der Waals surface area contributed by atoms with Crippen molar-refractivity contribution in [3.63, 3.8) is 0 Å². The molecule has 0 aliphatic heterocycles. The van der Waals surface area contributed by atoms with Gasteiger partial charge >= 0.3 is 5.97 Å². The van der Waals surface area contributed by atoms with Gasteiger partial charge in [0.15, 0.2) is 0 Å². The van der Waals surface area contributed by atoms with E-state index in [2.05, 4.69) is 6.92 Å². The van der Waals surface area contributed by atoms with Crippen LogP contribution in [-0.4, -0.2) is 18.1 Å². The maximum Gasteiger partial charge on any atom is 0.306 e. The lowest BCUT2D eigenvalue weighted by Crippen LogP contribution is -2.32. The third-order valence-corrected chi connectivity index (χ3v) is 3.83. The van der Waals surface area contributed by atoms with Crippen LogP contribution < -0.4 is 5.73 Å². The second-order valence-electron chi connectivity index (χ2n) is 6.68. The molecule has 118 valence electrons. The van der Waals surface area contributed by atoms with Gasteiger partial charge in [-0.1, -0.05) is 36.7 Å². The minimum absolute atomic E-state index is 0.166. The van der Waals surface area contributed by atoms with Crippen LogP contribution in [-0.2, 0) is 14.9 Å². The Hall–Kier alpha value is -1.06. The highest BCUT2D eigenvalue weighted by molar-refractivity contribution is 6.31. The molecule has 0 radical (unpaired) electrons. The third-order valence-electron chi connectivity index (χ3n) is 3.50. The molecule has 0 spiro atoms. The molecule has 0 aliphatic rings. The molecular formula is C17H26ClNO2. The Bertz CT molecular complexity index is 482. The van der Waals surface area contributed by atoms with E-state index in [1.54, 1.807) is 0 Å². The largest absolute Gasteiger partial charge is 0.460 e. The van der Waals surface area contributed by atoms with Crippen LogP contribution in [0.1, 0.15) is 52.5 Å². The Morgan fingerprint density at radius 1 is 1.24 bits per heavy atom. The van der Waals surface area contributed by atoms with Gasteiger partial charge in [0.1, 0.15) is 5.60 Å². The molecule has 1 unspecified atom stereocenters. The van der Waals surface area contributed by atoms with Crippen LogP contribution in [0.4, 0.5) is 0 Å². The van der Waals surface area contributed by atoms with Crippen molar-refractivity contribution in [2.75, 3.05) is 6.54 Å². The van der Waals surface area contributed by atoms with Gasteiger partial charge in [-0.15, -0.1) is 0 Å². The fraction of sp³-hybridized carbons (Fsp3) is 0.588. The molecule has 1 rings (SSSR count). The molecule has 0 aromatic heterocycles. The number of hydrogen-bond donors (Lipinski definition) is 1. The van der Waals surface area contributed by atoms with Gasteiger partial charge in [0.05, 0.1) is 0 Å². The molecule has 0 saturated carbocycles. The number of halogens is 1. The van der Waals surface area contributed by atoms with Crippen LogP contribution >= 0.6 is 11.6 Å². The molecule has 3 nitrogen and oxygen atoms in total. The van der Waals surface area contributed by atoms with E-state index in [-0.39, 0.29) is 11.4 Å². The number of benzene rings is 1. The Labute approximate surface area is 132 Å². The maximum absolute atomic E-state index is 11.8. The molecule has 0 amide bonds. The zero-order chi connectivity index (χ0) is 16.1. The normalized spacial score (nSPS) is 14.6. The summed E-state index contributed by atoms with van der Waals surface area (Å²) in [7, 11) is 0. The summed E-state index contributed by atoms with van der Waals surface area (Å²) in [6, 6.07) is 7.74. The fourth-order valence-electron chi connectivity index (χ4n) is 2.31. The molecule has 1 aromatic rings. The lowest BCUT2D eigenvalue weighted by molar-refractivity contribution is -0.154. The van der Waals surface area contributed by atoms with Crippen molar-refractivity contribution in [2.45, 2.75) is 58.0 Å². The number of hydrogen-bond acceptors (Lipinski definition) is 3. The Morgan fingerprint density at radius 3 is 2.38 bits per heavy atom. The maximum atomic E-state index is 11.8. The molecule has 0 bridgehead atoms. The van der Waals surface area contributed by atoms with E-state index in [1.807, 2.05) is 45.0 Å². The highest BCUT2D eigenvalue weighted by Gasteiger charge is 2.27. The average Bonchev–Trinajstić information content (AvgIpc) is 2.36. The summed E-state index contributed by atoms with van der Waals surface area (Å²) in [4.78, 5) is 11.8. The molecule has 0 fully saturated rings. The van der Waals surface area contributed by atoms with E-state index >= 15 is 0 Å². The van der Waals surface area contributed by atoms with Crippen molar-refractivity contribution in [1.82, 2.24) is 0 Å². The molecule has 4 heteroatoms. The van der Waals surface area contributed by atoms with Crippen molar-refractivity contribution in [3.05, 3.63) is 34.9 Å². The van der Waals surface area contributed by atoms with Crippen molar-refractivity contribution >= 4 is 17.6 Å². The van der Waals surface area contributed by atoms with Crippen LogP contribution in [0.25, 0.3) is 0 Å². The number of ether oxygens (including phenoxy) is 1. The lowest BCUT2D eigenvalue weighted by atomic mass is 9.78. The van der Waals surface area contributed by atoms with Gasteiger partial charge in [0, 0.05) is 23.4 Å². The fourth-order valence-corrected chi connectivity index (χ4v) is 2.68. The number of esters is 1. The Kier molecular flexibility index (Phi) is 6.24. The number of rotatable bonds is 6. The quantitative estimate of drug-likeness (QED) is 0.806. The van der Waals surface area contributed by atoms with Crippen LogP contribution in [0.3, 0.4) is 0 Å². The van der Waals surface area contributed by atoms with E-state index in [0.717, 1.165) is 23.4 Å². The van der Waals surface area contributed by atoms with Gasteiger partial charge in [0.25, 0.3) is 0 Å². The lowest BCUT2D eigenvalue weighted by Gasteiger charge is -2.29. The molecule has 1 aromatic carbocycles. The first-order valence-corrected chi connectivity index (χ1v) is 7.73. The van der Waals surface area contributed by atoms with E-state index < -0.39 is 5.60 Å². The first-order valence-electron chi connectivity index (χ1n) is 7.35. The van der Waals surface area contributed by atoms with Crippen molar-refractivity contribution in [2.24, 2.45) is 5.73 Å². The predicted octanol–water partition coefficient (Wildman–Crippen LogP) is 4.07. The second-order valence-corrected chi connectivity index (χ2v) is 7.09. The topological polar surface area (TPSA) is 52.3 Å². The molecule has 0 heterocycles. The number of carbonyl (C=O) groups is 1. The molecule has 0 aliphatic carbocycles. The van der Waals surface area contributed by atoms with Crippen molar-refractivity contribution in [3.8, 4) is 0 Å². The third kappa shape index (κ3) is 5.68. The minimum Gasteiger partial charge on any atom is -0.460 e. The monoisotopic (exact) mass is 311 g/mol. The summed E-state index contributed by atoms with van der Waals surface area (Å²) in [5.41, 5.74) is 6.34. The van der Waals surface area contributed by atoms with E-state index in [4.69, 9.17) is 22.1 Å². The molecule has 21 heavy (non-hydrogen) atoms. The average molecular weight is 312 g/mol. The van der Waals surface area contributed by atoms with Gasteiger partial charge in [-0.2, -0.15) is 0 Å². The van der Waals surface area contributed by atoms with E-state index in [1.165, 1.54) is 0 Å². The number of nitrogens with two attached hydrogens (primary N) is 1. The Morgan fingerprint density at radius 2 is 1.86 bits per heavy atom. The summed E-state index contributed by atoms with van der Waals surface area (Å²) in [6.45, 7) is 8.20. The smallest absolute Gasteiger partial charge is 0.306 e. The van der Waals surface area contributed by atoms with Crippen LogP contribution in [0, 0.1) is 0 Å². The SMILES string of the molecule is CC(C)(C)OC(=O)CCCC(C)(CN)c1ccccc1Cl. The summed E-state index contributed by atoms with van der Waals surface area (Å²) in [5.74, 6) is -0.166. The predicted molar refractivity (Wildman–Crippen MR) is 87.6 cm³/mol. The van der Waals surface area contributed by atoms with Gasteiger partial charge in [0.2, 0.25) is 0 Å². The van der Waals surface area contributed by atoms with Gasteiger partial charge < -0.3 is 10.5 Å². The van der Waals surface area contributed by atoms with E-state index in [9.17, 15) is 4.79 Å². The molecule has 2 N–H and O–H groups in total. The van der Waals surface area contributed by atoms with Crippen LogP contribution in [0.5, 0.6) is 0 Å². The molecular weight excluding hydrogens is 286 g/mol. The summed E-state index contributed by atoms with van der Waals surface area (Å²) < 4.78 is 5.32.